The fourth-order valence-electron chi connectivity index (χ4n) is 1.58. The van der Waals surface area contributed by atoms with E-state index in [4.69, 9.17) is 0 Å². The van der Waals surface area contributed by atoms with Crippen molar-refractivity contribution in [1.82, 2.24) is 10.2 Å². The van der Waals surface area contributed by atoms with Crippen LogP contribution in [0, 0.1) is 5.41 Å². The Labute approximate surface area is 82.7 Å². The van der Waals surface area contributed by atoms with Crippen molar-refractivity contribution in [3.8, 4) is 0 Å². The third kappa shape index (κ3) is 5.24. The minimum Gasteiger partial charge on any atom is -0.333 e. The van der Waals surface area contributed by atoms with Crippen LogP contribution < -0.4 is 11.1 Å². The van der Waals surface area contributed by atoms with Crippen LogP contribution in [0.3, 0.4) is 0 Å². The second-order valence-electron chi connectivity index (χ2n) is 4.29. The molecule has 1 aliphatic heterocycles. The van der Waals surface area contributed by atoms with Crippen LogP contribution in [0.15, 0.2) is 0 Å². The third-order valence-corrected chi connectivity index (χ3v) is 2.62. The summed E-state index contributed by atoms with van der Waals surface area (Å²) in [6.45, 7) is 6.03. The molecule has 3 N–H and O–H groups in total. The molecule has 0 aromatic carbocycles. The maximum absolute atomic E-state index is 4.50. The van der Waals surface area contributed by atoms with Gasteiger partial charge in [0.15, 0.2) is 0 Å². The Bertz CT molecular complexity index is 117. The lowest BCUT2D eigenvalue weighted by molar-refractivity contribution is 0.274. The van der Waals surface area contributed by atoms with E-state index in [1.54, 1.807) is 0 Å². The van der Waals surface area contributed by atoms with E-state index in [9.17, 15) is 0 Å². The molecule has 80 valence electrons. The van der Waals surface area contributed by atoms with E-state index in [0.29, 0.717) is 5.41 Å². The molecule has 0 amide bonds. The first-order valence-electron chi connectivity index (χ1n) is 5.06. The molecule has 0 aromatic heterocycles. The zero-order chi connectivity index (χ0) is 10.3. The highest BCUT2D eigenvalue weighted by Crippen LogP contribution is 2.28. The Balaban J connectivity index is 0.000000671. The van der Waals surface area contributed by atoms with Gasteiger partial charge in [-0.15, -0.1) is 0 Å². The van der Waals surface area contributed by atoms with Crippen LogP contribution in [-0.2, 0) is 0 Å². The summed E-state index contributed by atoms with van der Waals surface area (Å²) in [5.41, 5.74) is 5.07. The maximum atomic E-state index is 4.50. The van der Waals surface area contributed by atoms with E-state index in [-0.39, 0.29) is 0 Å². The average Bonchev–Trinajstić information content (AvgIpc) is 2.54. The Morgan fingerprint density at radius 3 is 2.38 bits per heavy atom. The highest BCUT2D eigenvalue weighted by Gasteiger charge is 2.27. The topological polar surface area (TPSA) is 41.3 Å². The predicted molar refractivity (Wildman–Crippen MR) is 58.9 cm³/mol. The predicted octanol–water partition coefficient (Wildman–Crippen LogP) is 0.513. The molecule has 13 heavy (non-hydrogen) atoms. The molecule has 0 bridgehead atoms. The minimum atomic E-state index is 0.574. The van der Waals surface area contributed by atoms with Gasteiger partial charge in [-0.2, -0.15) is 0 Å². The van der Waals surface area contributed by atoms with Crippen molar-refractivity contribution in [2.75, 3.05) is 40.8 Å². The van der Waals surface area contributed by atoms with Crippen LogP contribution >= 0.6 is 0 Å². The van der Waals surface area contributed by atoms with Crippen molar-refractivity contribution in [2.24, 2.45) is 11.1 Å². The summed E-state index contributed by atoms with van der Waals surface area (Å²) >= 11 is 0. The van der Waals surface area contributed by atoms with Gasteiger partial charge >= 0.3 is 0 Å². The Kier molecular flexibility index (Phi) is 6.29. The largest absolute Gasteiger partial charge is 0.333 e. The first-order valence-corrected chi connectivity index (χ1v) is 5.06. The smallest absolute Gasteiger partial charge is 0.000612 e. The summed E-state index contributed by atoms with van der Waals surface area (Å²) < 4.78 is 0. The van der Waals surface area contributed by atoms with Crippen molar-refractivity contribution in [3.05, 3.63) is 0 Å². The van der Waals surface area contributed by atoms with E-state index >= 15 is 0 Å². The normalized spacial score (nSPS) is 27.2. The van der Waals surface area contributed by atoms with Crippen LogP contribution in [0.1, 0.15) is 19.8 Å². The molecule has 1 atom stereocenters. The molecule has 0 aliphatic carbocycles. The molecule has 0 spiro atoms. The number of hydrogen-bond donors (Lipinski definition) is 2. The molecule has 1 heterocycles. The van der Waals surface area contributed by atoms with Crippen LogP contribution in [-0.4, -0.2) is 45.7 Å². The van der Waals surface area contributed by atoms with Gasteiger partial charge in [0.05, 0.1) is 0 Å². The summed E-state index contributed by atoms with van der Waals surface area (Å²) in [4.78, 5) is 2.27. The Morgan fingerprint density at radius 2 is 2.00 bits per heavy atom. The quantitative estimate of drug-likeness (QED) is 0.676. The van der Waals surface area contributed by atoms with E-state index in [1.165, 1.54) is 39.5 Å². The molecular weight excluding hydrogens is 162 g/mol. The second kappa shape index (κ2) is 6.35. The highest BCUT2D eigenvalue weighted by atomic mass is 15.1. The van der Waals surface area contributed by atoms with Crippen molar-refractivity contribution < 1.29 is 0 Å². The van der Waals surface area contributed by atoms with Gasteiger partial charge in [-0.05, 0) is 52.5 Å². The molecular formula is C10H25N3. The van der Waals surface area contributed by atoms with E-state index in [1.807, 2.05) is 0 Å². The number of nitrogens with zero attached hydrogens (tertiary/aromatic N) is 1. The number of nitrogens with one attached hydrogen (secondary N) is 1. The Hall–Kier alpha value is -0.120. The molecule has 1 saturated heterocycles. The van der Waals surface area contributed by atoms with Crippen LogP contribution in [0.25, 0.3) is 0 Å². The average molecular weight is 187 g/mol. The molecule has 0 saturated carbocycles. The monoisotopic (exact) mass is 187 g/mol. The lowest BCUT2D eigenvalue weighted by Crippen LogP contribution is -2.25. The van der Waals surface area contributed by atoms with Crippen LogP contribution in [0.4, 0.5) is 0 Å². The lowest BCUT2D eigenvalue weighted by atomic mass is 9.86. The van der Waals surface area contributed by atoms with Crippen molar-refractivity contribution in [1.29, 1.82) is 0 Å². The third-order valence-electron chi connectivity index (χ3n) is 2.62. The number of rotatable bonds is 3. The van der Waals surface area contributed by atoms with Gasteiger partial charge in [0.1, 0.15) is 0 Å². The molecule has 0 radical (unpaired) electrons. The number of nitrogens with two attached hydrogens (primary N) is 1. The fourth-order valence-corrected chi connectivity index (χ4v) is 1.58. The van der Waals surface area contributed by atoms with Gasteiger partial charge in [0, 0.05) is 6.54 Å². The zero-order valence-corrected chi connectivity index (χ0v) is 9.56. The molecule has 0 aromatic rings. The zero-order valence-electron chi connectivity index (χ0n) is 9.56. The SMILES string of the molecule is CN.CN(C)CCC1(C)CCNC1. The van der Waals surface area contributed by atoms with Gasteiger partial charge in [0.25, 0.3) is 0 Å². The summed E-state index contributed by atoms with van der Waals surface area (Å²) in [7, 11) is 5.79. The highest BCUT2D eigenvalue weighted by molar-refractivity contribution is 4.83. The van der Waals surface area contributed by atoms with Gasteiger partial charge in [-0.25, -0.2) is 0 Å². The Morgan fingerprint density at radius 1 is 1.38 bits per heavy atom. The van der Waals surface area contributed by atoms with Gasteiger partial charge < -0.3 is 16.0 Å². The van der Waals surface area contributed by atoms with E-state index in [2.05, 4.69) is 37.0 Å². The molecule has 1 unspecified atom stereocenters. The second-order valence-corrected chi connectivity index (χ2v) is 4.29. The standard InChI is InChI=1S/C9H20N2.CH5N/c1-9(4-6-10-8-9)5-7-11(2)3;1-2/h10H,4-8H2,1-3H3;2H2,1H3. The van der Waals surface area contributed by atoms with Crippen molar-refractivity contribution in [3.63, 3.8) is 0 Å². The first kappa shape index (κ1) is 12.9. The van der Waals surface area contributed by atoms with Crippen molar-refractivity contribution >= 4 is 0 Å². The van der Waals surface area contributed by atoms with Gasteiger partial charge in [-0.3, -0.25) is 0 Å². The maximum Gasteiger partial charge on any atom is 0.000612 e. The van der Waals surface area contributed by atoms with Gasteiger partial charge in [0.2, 0.25) is 0 Å². The number of hydrogen-bond acceptors (Lipinski definition) is 3. The summed E-state index contributed by atoms with van der Waals surface area (Å²) in [5, 5.41) is 3.42. The van der Waals surface area contributed by atoms with E-state index in [0.717, 1.165) is 0 Å². The summed E-state index contributed by atoms with van der Waals surface area (Å²) in [6.07, 6.45) is 2.67. The van der Waals surface area contributed by atoms with Crippen LogP contribution in [0.2, 0.25) is 0 Å². The lowest BCUT2D eigenvalue weighted by Gasteiger charge is -2.24. The molecule has 1 fully saturated rings. The molecule has 3 nitrogen and oxygen atoms in total. The molecule has 1 rings (SSSR count). The first-order chi connectivity index (χ1) is 6.12. The molecule has 3 heteroatoms. The van der Waals surface area contributed by atoms with Crippen LogP contribution in [0.5, 0.6) is 0 Å². The van der Waals surface area contributed by atoms with Gasteiger partial charge in [-0.1, -0.05) is 6.92 Å². The minimum absolute atomic E-state index is 0.574. The molecule has 1 aliphatic rings. The van der Waals surface area contributed by atoms with Crippen molar-refractivity contribution in [2.45, 2.75) is 19.8 Å². The summed E-state index contributed by atoms with van der Waals surface area (Å²) in [5.74, 6) is 0. The van der Waals surface area contributed by atoms with E-state index < -0.39 is 0 Å². The summed E-state index contributed by atoms with van der Waals surface area (Å²) in [6, 6.07) is 0. The fraction of sp³-hybridized carbons (Fsp3) is 1.00.